The summed E-state index contributed by atoms with van der Waals surface area (Å²) in [7, 11) is 0. The van der Waals surface area contributed by atoms with E-state index in [-0.39, 0.29) is 12.3 Å². The van der Waals surface area contributed by atoms with E-state index >= 15 is 0 Å². The Morgan fingerprint density at radius 1 is 1.42 bits per heavy atom. The lowest BCUT2D eigenvalue weighted by molar-refractivity contribution is -0.136. The Hall–Kier alpha value is -1.08. The van der Waals surface area contributed by atoms with E-state index in [0.717, 1.165) is 24.3 Å². The second kappa shape index (κ2) is 6.91. The molecule has 19 heavy (non-hydrogen) atoms. The molecule has 5 nitrogen and oxygen atoms in total. The largest absolute Gasteiger partial charge is 0.481 e. The summed E-state index contributed by atoms with van der Waals surface area (Å²) in [6.07, 6.45) is 2.63. The zero-order valence-corrected chi connectivity index (χ0v) is 12.1. The number of nitrogens with zero attached hydrogens (tertiary/aromatic N) is 1. The van der Waals surface area contributed by atoms with Crippen molar-refractivity contribution in [2.24, 2.45) is 5.92 Å². The van der Waals surface area contributed by atoms with Gasteiger partial charge < -0.3 is 10.4 Å². The van der Waals surface area contributed by atoms with Gasteiger partial charge in [-0.15, -0.1) is 11.3 Å². The van der Waals surface area contributed by atoms with Crippen LogP contribution in [0.25, 0.3) is 0 Å². The van der Waals surface area contributed by atoms with Crippen molar-refractivity contribution in [2.45, 2.75) is 25.7 Å². The third-order valence-corrected chi connectivity index (χ3v) is 4.80. The van der Waals surface area contributed by atoms with Crippen molar-refractivity contribution >= 4 is 40.1 Å². The summed E-state index contributed by atoms with van der Waals surface area (Å²) < 4.78 is 0. The van der Waals surface area contributed by atoms with Crippen LogP contribution in [0, 0.1) is 5.92 Å². The van der Waals surface area contributed by atoms with E-state index in [4.69, 9.17) is 5.11 Å². The molecule has 0 aromatic carbocycles. The van der Waals surface area contributed by atoms with Gasteiger partial charge in [0.05, 0.1) is 12.1 Å². The van der Waals surface area contributed by atoms with E-state index in [0.29, 0.717) is 23.2 Å². The molecule has 7 heteroatoms. The van der Waals surface area contributed by atoms with Crippen LogP contribution in [0.15, 0.2) is 5.38 Å². The smallest absolute Gasteiger partial charge is 0.309 e. The van der Waals surface area contributed by atoms with Crippen LogP contribution in [0.4, 0.5) is 5.13 Å². The van der Waals surface area contributed by atoms with Crippen LogP contribution in [0.2, 0.25) is 0 Å². The monoisotopic (exact) mass is 300 g/mol. The Balaban J connectivity index is 1.81. The van der Waals surface area contributed by atoms with E-state index < -0.39 is 5.97 Å². The highest BCUT2D eigenvalue weighted by Crippen LogP contribution is 2.26. The maximum absolute atomic E-state index is 11.8. The first-order valence-corrected chi connectivity index (χ1v) is 8.20. The number of amides is 1. The van der Waals surface area contributed by atoms with Gasteiger partial charge in [-0.25, -0.2) is 4.98 Å². The van der Waals surface area contributed by atoms with Crippen molar-refractivity contribution in [2.75, 3.05) is 16.8 Å². The van der Waals surface area contributed by atoms with Gasteiger partial charge in [-0.3, -0.25) is 9.59 Å². The molecule has 2 rings (SSSR count). The van der Waals surface area contributed by atoms with Crippen LogP contribution < -0.4 is 5.32 Å². The highest BCUT2D eigenvalue weighted by atomic mass is 32.2. The second-order valence-electron chi connectivity index (χ2n) is 4.52. The lowest BCUT2D eigenvalue weighted by atomic mass is 9.99. The summed E-state index contributed by atoms with van der Waals surface area (Å²) >= 11 is 3.21. The maximum atomic E-state index is 11.8. The van der Waals surface area contributed by atoms with Gasteiger partial charge >= 0.3 is 5.97 Å². The average Bonchev–Trinajstić information content (AvgIpc) is 2.76. The number of nitrogens with one attached hydrogen (secondary N) is 1. The summed E-state index contributed by atoms with van der Waals surface area (Å²) in [5, 5.41) is 13.6. The molecule has 2 N–H and O–H groups in total. The van der Waals surface area contributed by atoms with Gasteiger partial charge in [0, 0.05) is 11.8 Å². The number of thiazole rings is 1. The van der Waals surface area contributed by atoms with Crippen molar-refractivity contribution in [3.63, 3.8) is 0 Å². The number of rotatable bonds is 5. The number of carbonyl (C=O) groups is 2. The Bertz CT molecular complexity index is 456. The molecule has 1 fully saturated rings. The van der Waals surface area contributed by atoms with E-state index in [9.17, 15) is 9.59 Å². The normalized spacial score (nSPS) is 16.2. The SMILES string of the molecule is O=C(O)Cc1csc(NC(=O)CC2CCSCC2)n1. The molecule has 0 saturated carbocycles. The number of anilines is 1. The summed E-state index contributed by atoms with van der Waals surface area (Å²) in [4.78, 5) is 26.5. The molecule has 0 radical (unpaired) electrons. The first-order valence-electron chi connectivity index (χ1n) is 6.17. The van der Waals surface area contributed by atoms with E-state index in [2.05, 4.69) is 10.3 Å². The van der Waals surface area contributed by atoms with Gasteiger partial charge in [-0.1, -0.05) is 0 Å². The molecule has 1 amide bonds. The topological polar surface area (TPSA) is 79.3 Å². The Kier molecular flexibility index (Phi) is 5.21. The quantitative estimate of drug-likeness (QED) is 0.872. The molecule has 0 spiro atoms. The standard InChI is InChI=1S/C12H16N2O3S2/c15-10(5-8-1-3-18-4-2-8)14-12-13-9(7-19-12)6-11(16)17/h7-8H,1-6H2,(H,16,17)(H,13,14,15). The summed E-state index contributed by atoms with van der Waals surface area (Å²) in [6, 6.07) is 0. The molecule has 1 aliphatic rings. The molecule has 0 unspecified atom stereocenters. The van der Waals surface area contributed by atoms with E-state index in [1.54, 1.807) is 5.38 Å². The third-order valence-electron chi connectivity index (χ3n) is 2.95. The van der Waals surface area contributed by atoms with Crippen molar-refractivity contribution in [3.05, 3.63) is 11.1 Å². The zero-order valence-electron chi connectivity index (χ0n) is 10.4. The Morgan fingerprint density at radius 3 is 2.84 bits per heavy atom. The number of carboxylic acid groups (broad SMARTS) is 1. The minimum atomic E-state index is -0.914. The summed E-state index contributed by atoms with van der Waals surface area (Å²) in [6.45, 7) is 0. The van der Waals surface area contributed by atoms with E-state index in [1.165, 1.54) is 11.3 Å². The molecule has 2 heterocycles. The van der Waals surface area contributed by atoms with Crippen LogP contribution in [-0.4, -0.2) is 33.5 Å². The number of carboxylic acids is 1. The van der Waals surface area contributed by atoms with Crippen LogP contribution in [0.3, 0.4) is 0 Å². The van der Waals surface area contributed by atoms with Crippen molar-refractivity contribution in [1.82, 2.24) is 4.98 Å². The van der Waals surface area contributed by atoms with E-state index in [1.807, 2.05) is 11.8 Å². The number of aliphatic carboxylic acids is 1. The predicted octanol–water partition coefficient (Wildman–Crippen LogP) is 2.24. The summed E-state index contributed by atoms with van der Waals surface area (Å²) in [5.41, 5.74) is 0.488. The molecule has 1 aromatic heterocycles. The van der Waals surface area contributed by atoms with Crippen LogP contribution in [0.1, 0.15) is 25.0 Å². The number of thioether (sulfide) groups is 1. The highest BCUT2D eigenvalue weighted by molar-refractivity contribution is 7.99. The van der Waals surface area contributed by atoms with Gasteiger partial charge in [0.1, 0.15) is 0 Å². The van der Waals surface area contributed by atoms with Crippen LogP contribution in [0.5, 0.6) is 0 Å². The number of carbonyl (C=O) groups excluding carboxylic acids is 1. The summed E-state index contributed by atoms with van der Waals surface area (Å²) in [5.74, 6) is 1.81. The first-order chi connectivity index (χ1) is 9.13. The van der Waals surface area contributed by atoms with Gasteiger partial charge in [0.15, 0.2) is 5.13 Å². The molecule has 0 aliphatic carbocycles. The molecular formula is C12H16N2O3S2. The highest BCUT2D eigenvalue weighted by Gasteiger charge is 2.18. The Morgan fingerprint density at radius 2 is 2.16 bits per heavy atom. The molecule has 1 saturated heterocycles. The molecule has 0 atom stereocenters. The minimum absolute atomic E-state index is 0.0203. The Labute approximate surface area is 119 Å². The van der Waals surface area contributed by atoms with Gasteiger partial charge in [-0.05, 0) is 30.3 Å². The molecule has 0 bridgehead atoms. The lowest BCUT2D eigenvalue weighted by Crippen LogP contribution is -2.19. The second-order valence-corrected chi connectivity index (χ2v) is 6.61. The van der Waals surface area contributed by atoms with Gasteiger partial charge in [0.2, 0.25) is 5.91 Å². The average molecular weight is 300 g/mol. The number of hydrogen-bond acceptors (Lipinski definition) is 5. The molecular weight excluding hydrogens is 284 g/mol. The van der Waals surface area contributed by atoms with Gasteiger partial charge in [0.25, 0.3) is 0 Å². The fraction of sp³-hybridized carbons (Fsp3) is 0.583. The molecule has 1 aromatic rings. The predicted molar refractivity (Wildman–Crippen MR) is 76.7 cm³/mol. The fourth-order valence-corrected chi connectivity index (χ4v) is 3.91. The lowest BCUT2D eigenvalue weighted by Gasteiger charge is -2.20. The minimum Gasteiger partial charge on any atom is -0.481 e. The van der Waals surface area contributed by atoms with Crippen LogP contribution in [-0.2, 0) is 16.0 Å². The maximum Gasteiger partial charge on any atom is 0.309 e. The molecule has 104 valence electrons. The third kappa shape index (κ3) is 4.83. The van der Waals surface area contributed by atoms with Crippen molar-refractivity contribution < 1.29 is 14.7 Å². The van der Waals surface area contributed by atoms with Crippen molar-refractivity contribution in [3.8, 4) is 0 Å². The van der Waals surface area contributed by atoms with Crippen LogP contribution >= 0.6 is 23.1 Å². The van der Waals surface area contributed by atoms with Gasteiger partial charge in [-0.2, -0.15) is 11.8 Å². The number of hydrogen-bond donors (Lipinski definition) is 2. The zero-order chi connectivity index (χ0) is 13.7. The van der Waals surface area contributed by atoms with Crippen molar-refractivity contribution in [1.29, 1.82) is 0 Å². The molecule has 1 aliphatic heterocycles. The fourth-order valence-electron chi connectivity index (χ4n) is 1.98. The first kappa shape index (κ1) is 14.3. The number of aromatic nitrogens is 1.